The van der Waals surface area contributed by atoms with E-state index in [0.717, 1.165) is 5.56 Å². The highest BCUT2D eigenvalue weighted by Gasteiger charge is 2.39. The van der Waals surface area contributed by atoms with Crippen LogP contribution in [0, 0.1) is 17.2 Å². The molecule has 0 spiro atoms. The summed E-state index contributed by atoms with van der Waals surface area (Å²) in [5, 5.41) is 13.6. The second kappa shape index (κ2) is 9.44. The summed E-state index contributed by atoms with van der Waals surface area (Å²) in [6.45, 7) is 4.23. The number of nitrogens with zero attached hydrogens (tertiary/aromatic N) is 2. The molecule has 0 saturated carbocycles. The first-order valence-corrected chi connectivity index (χ1v) is 10.6. The Morgan fingerprint density at radius 2 is 1.90 bits per heavy atom. The van der Waals surface area contributed by atoms with Crippen LogP contribution in [0.25, 0.3) is 0 Å². The highest BCUT2D eigenvalue weighted by Crippen LogP contribution is 2.44. The Morgan fingerprint density at radius 1 is 1.21 bits per heavy atom. The van der Waals surface area contributed by atoms with Gasteiger partial charge in [-0.2, -0.15) is 5.26 Å². The van der Waals surface area contributed by atoms with Crippen molar-refractivity contribution in [3.8, 4) is 11.8 Å². The van der Waals surface area contributed by atoms with Crippen LogP contribution in [-0.4, -0.2) is 23.8 Å². The van der Waals surface area contributed by atoms with Gasteiger partial charge in [-0.05, 0) is 38.3 Å². The molecule has 2 aromatic rings. The number of hydrogen-bond acceptors (Lipinski definition) is 5. The molecule has 0 fully saturated rings. The van der Waals surface area contributed by atoms with Crippen molar-refractivity contribution in [1.29, 1.82) is 5.26 Å². The van der Waals surface area contributed by atoms with Crippen LogP contribution in [0.2, 0.25) is 0 Å². The van der Waals surface area contributed by atoms with Gasteiger partial charge in [0.2, 0.25) is 0 Å². The summed E-state index contributed by atoms with van der Waals surface area (Å²) < 4.78 is 5.82. The van der Waals surface area contributed by atoms with Gasteiger partial charge in [0.1, 0.15) is 11.7 Å². The molecule has 1 unspecified atom stereocenters. The summed E-state index contributed by atoms with van der Waals surface area (Å²) in [6, 6.07) is 19.2. The van der Waals surface area contributed by atoms with Gasteiger partial charge in [0.25, 0.3) is 5.91 Å². The number of hydrogen-bond donors (Lipinski definition) is 1. The lowest BCUT2D eigenvalue weighted by Gasteiger charge is -2.31. The molecule has 5 nitrogen and oxygen atoms in total. The number of nitrogens with one attached hydrogen (secondary N) is 1. The van der Waals surface area contributed by atoms with Crippen molar-refractivity contribution in [3.63, 3.8) is 0 Å². The number of para-hydroxylation sites is 2. The van der Waals surface area contributed by atoms with E-state index >= 15 is 0 Å². The molecule has 1 heterocycles. The van der Waals surface area contributed by atoms with E-state index in [1.54, 1.807) is 0 Å². The SMILES string of the molecule is CCOc1ccccc1[C@@H]1C(C(=O)Nc2ccccc2)=C(C)N=C(SC)C1C#N. The molecular weight excluding hydrogens is 382 g/mol. The zero-order valence-corrected chi connectivity index (χ0v) is 17.5. The fourth-order valence-corrected chi connectivity index (χ4v) is 4.19. The smallest absolute Gasteiger partial charge is 0.254 e. The minimum atomic E-state index is -0.563. The number of carbonyl (C=O) groups is 1. The van der Waals surface area contributed by atoms with Crippen molar-refractivity contribution >= 4 is 28.4 Å². The number of aliphatic imine (C=N–C) groups is 1. The minimum absolute atomic E-state index is 0.255. The standard InChI is InChI=1S/C23H23N3O2S/c1-4-28-19-13-9-8-12-17(19)21-18(14-24)23(29-3)25-15(2)20(21)22(27)26-16-10-6-5-7-11-16/h5-13,18,21H,4H2,1-3H3,(H,26,27)/t18?,21-/m0/s1. The summed E-state index contributed by atoms with van der Waals surface area (Å²) in [5.74, 6) is -0.604. The molecule has 1 N–H and O–H groups in total. The molecule has 1 aliphatic rings. The Morgan fingerprint density at radius 3 is 2.55 bits per heavy atom. The van der Waals surface area contributed by atoms with Crippen LogP contribution in [0.4, 0.5) is 5.69 Å². The number of carbonyl (C=O) groups excluding carboxylic acids is 1. The number of benzene rings is 2. The zero-order chi connectivity index (χ0) is 20.8. The molecule has 2 aromatic carbocycles. The molecule has 0 bridgehead atoms. The average Bonchev–Trinajstić information content (AvgIpc) is 2.74. The van der Waals surface area contributed by atoms with E-state index in [9.17, 15) is 10.1 Å². The molecule has 0 aromatic heterocycles. The van der Waals surface area contributed by atoms with Crippen molar-refractivity contribution in [1.82, 2.24) is 0 Å². The van der Waals surface area contributed by atoms with Gasteiger partial charge in [-0.15, -0.1) is 11.8 Å². The fraction of sp³-hybridized carbons (Fsp3) is 0.261. The third kappa shape index (κ3) is 4.36. The Labute approximate surface area is 175 Å². The molecule has 0 radical (unpaired) electrons. The number of nitriles is 1. The molecule has 3 rings (SSSR count). The first-order chi connectivity index (χ1) is 14.1. The largest absolute Gasteiger partial charge is 0.494 e. The van der Waals surface area contributed by atoms with Gasteiger partial charge in [0, 0.05) is 28.4 Å². The highest BCUT2D eigenvalue weighted by atomic mass is 32.2. The maximum absolute atomic E-state index is 13.3. The van der Waals surface area contributed by atoms with Crippen molar-refractivity contribution in [3.05, 3.63) is 71.4 Å². The predicted octanol–water partition coefficient (Wildman–Crippen LogP) is 5.00. The van der Waals surface area contributed by atoms with Crippen LogP contribution in [-0.2, 0) is 4.79 Å². The third-order valence-electron chi connectivity index (χ3n) is 4.76. The summed E-state index contributed by atoms with van der Waals surface area (Å²) in [6.07, 6.45) is 1.90. The maximum Gasteiger partial charge on any atom is 0.254 e. The van der Waals surface area contributed by atoms with Crippen molar-refractivity contribution in [2.24, 2.45) is 10.9 Å². The Bertz CT molecular complexity index is 993. The van der Waals surface area contributed by atoms with E-state index in [4.69, 9.17) is 4.74 Å². The number of amides is 1. The van der Waals surface area contributed by atoms with Gasteiger partial charge in [0.05, 0.1) is 17.7 Å². The van der Waals surface area contributed by atoms with Gasteiger partial charge in [-0.3, -0.25) is 4.79 Å². The second-order valence-electron chi connectivity index (χ2n) is 6.53. The summed E-state index contributed by atoms with van der Waals surface area (Å²) in [5.41, 5.74) is 2.62. The second-order valence-corrected chi connectivity index (χ2v) is 7.36. The van der Waals surface area contributed by atoms with E-state index in [1.165, 1.54) is 11.8 Å². The average molecular weight is 406 g/mol. The topological polar surface area (TPSA) is 74.5 Å². The lowest BCUT2D eigenvalue weighted by Crippen LogP contribution is -2.31. The highest BCUT2D eigenvalue weighted by molar-refractivity contribution is 8.13. The third-order valence-corrected chi connectivity index (χ3v) is 5.52. The van der Waals surface area contributed by atoms with E-state index < -0.39 is 11.8 Å². The van der Waals surface area contributed by atoms with Crippen LogP contribution in [0.15, 0.2) is 70.9 Å². The lowest BCUT2D eigenvalue weighted by atomic mass is 9.78. The van der Waals surface area contributed by atoms with Crippen LogP contribution in [0.1, 0.15) is 25.3 Å². The Balaban J connectivity index is 2.12. The van der Waals surface area contributed by atoms with Crippen LogP contribution in [0.3, 0.4) is 0 Å². The van der Waals surface area contributed by atoms with E-state index in [1.807, 2.05) is 74.7 Å². The van der Waals surface area contributed by atoms with Crippen LogP contribution >= 0.6 is 11.8 Å². The molecule has 0 aliphatic carbocycles. The molecule has 1 aliphatic heterocycles. The molecule has 29 heavy (non-hydrogen) atoms. The van der Waals surface area contributed by atoms with E-state index in [-0.39, 0.29) is 5.91 Å². The fourth-order valence-electron chi connectivity index (χ4n) is 3.52. The molecular formula is C23H23N3O2S. The summed E-state index contributed by atoms with van der Waals surface area (Å²) >= 11 is 1.44. The Kier molecular flexibility index (Phi) is 6.73. The first kappa shape index (κ1) is 20.7. The van der Waals surface area contributed by atoms with Gasteiger partial charge >= 0.3 is 0 Å². The molecule has 2 atom stereocenters. The predicted molar refractivity (Wildman–Crippen MR) is 118 cm³/mol. The first-order valence-electron chi connectivity index (χ1n) is 9.41. The quantitative estimate of drug-likeness (QED) is 0.760. The lowest BCUT2D eigenvalue weighted by molar-refractivity contribution is -0.113. The van der Waals surface area contributed by atoms with Crippen molar-refractivity contribution < 1.29 is 9.53 Å². The van der Waals surface area contributed by atoms with Gasteiger partial charge in [0.15, 0.2) is 0 Å². The summed E-state index contributed by atoms with van der Waals surface area (Å²) in [7, 11) is 0. The molecule has 1 amide bonds. The molecule has 0 saturated heterocycles. The van der Waals surface area contributed by atoms with E-state index in [2.05, 4.69) is 16.4 Å². The number of allylic oxidation sites excluding steroid dienone is 1. The van der Waals surface area contributed by atoms with Crippen molar-refractivity contribution in [2.75, 3.05) is 18.2 Å². The van der Waals surface area contributed by atoms with Crippen molar-refractivity contribution in [2.45, 2.75) is 19.8 Å². The number of ether oxygens (including phenoxy) is 1. The normalized spacial score (nSPS) is 18.6. The van der Waals surface area contributed by atoms with Gasteiger partial charge in [-0.25, -0.2) is 4.99 Å². The Hall–Kier alpha value is -3.04. The molecule has 148 valence electrons. The maximum atomic E-state index is 13.3. The molecule has 6 heteroatoms. The van der Waals surface area contributed by atoms with E-state index in [0.29, 0.717) is 34.4 Å². The number of rotatable bonds is 5. The van der Waals surface area contributed by atoms with Crippen LogP contribution < -0.4 is 10.1 Å². The van der Waals surface area contributed by atoms with Gasteiger partial charge in [-0.1, -0.05) is 36.4 Å². The minimum Gasteiger partial charge on any atom is -0.494 e. The zero-order valence-electron chi connectivity index (χ0n) is 16.7. The van der Waals surface area contributed by atoms with Crippen LogP contribution in [0.5, 0.6) is 5.75 Å². The number of anilines is 1. The number of thioether (sulfide) groups is 1. The monoisotopic (exact) mass is 405 g/mol. The summed E-state index contributed by atoms with van der Waals surface area (Å²) in [4.78, 5) is 17.9. The van der Waals surface area contributed by atoms with Gasteiger partial charge < -0.3 is 10.1 Å².